The Morgan fingerprint density at radius 3 is 2.85 bits per heavy atom. The lowest BCUT2D eigenvalue weighted by Gasteiger charge is -2.08. The third kappa shape index (κ3) is 3.12. The molecule has 0 fully saturated rings. The third-order valence-corrected chi connectivity index (χ3v) is 2.63. The summed E-state index contributed by atoms with van der Waals surface area (Å²) in [5, 5.41) is 26.7. The van der Waals surface area contributed by atoms with Crippen LogP contribution in [0, 0.1) is 17.1 Å². The van der Waals surface area contributed by atoms with Crippen molar-refractivity contribution in [1.82, 2.24) is 4.98 Å². The number of pyridine rings is 1. The van der Waals surface area contributed by atoms with Crippen molar-refractivity contribution in [1.29, 1.82) is 5.26 Å². The molecule has 1 aromatic heterocycles. The second kappa shape index (κ2) is 6.15. The molecule has 2 aromatic rings. The number of rotatable bonds is 4. The van der Waals surface area contributed by atoms with Crippen LogP contribution in [-0.4, -0.2) is 22.2 Å². The highest BCUT2D eigenvalue weighted by Gasteiger charge is 2.13. The van der Waals surface area contributed by atoms with E-state index in [4.69, 9.17) is 20.0 Å². The minimum atomic E-state index is -1.65. The maximum absolute atomic E-state index is 13.8. The normalized spacial score (nSPS) is 9.90. The van der Waals surface area contributed by atoms with Gasteiger partial charge in [-0.3, -0.25) is 4.98 Å². The Morgan fingerprint density at radius 2 is 2.15 bits per heavy atom. The van der Waals surface area contributed by atoms with Gasteiger partial charge >= 0.3 is 7.12 Å². The average Bonchev–Trinajstić information content (AvgIpc) is 2.46. The van der Waals surface area contributed by atoms with Crippen molar-refractivity contribution < 1.29 is 19.2 Å². The highest BCUT2D eigenvalue weighted by Crippen LogP contribution is 2.15. The van der Waals surface area contributed by atoms with Crippen LogP contribution in [0.15, 0.2) is 36.7 Å². The number of aromatic nitrogens is 1. The van der Waals surface area contributed by atoms with Gasteiger partial charge in [0.05, 0.1) is 11.8 Å². The van der Waals surface area contributed by atoms with E-state index in [-0.39, 0.29) is 28.9 Å². The first-order valence-corrected chi connectivity index (χ1v) is 5.73. The topological polar surface area (TPSA) is 86.4 Å². The van der Waals surface area contributed by atoms with Crippen molar-refractivity contribution in [2.45, 2.75) is 6.61 Å². The van der Waals surface area contributed by atoms with Crippen molar-refractivity contribution in [3.05, 3.63) is 53.6 Å². The van der Waals surface area contributed by atoms with Gasteiger partial charge in [0.1, 0.15) is 24.2 Å². The molecule has 0 bridgehead atoms. The molecule has 0 unspecified atom stereocenters. The molecular weight excluding hydrogens is 262 g/mol. The summed E-state index contributed by atoms with van der Waals surface area (Å²) in [6, 6.07) is 7.59. The molecule has 7 heteroatoms. The number of hydrogen-bond acceptors (Lipinski definition) is 5. The van der Waals surface area contributed by atoms with Crippen LogP contribution in [0.4, 0.5) is 4.39 Å². The predicted molar refractivity (Wildman–Crippen MR) is 69.5 cm³/mol. The molecule has 0 radical (unpaired) electrons. The summed E-state index contributed by atoms with van der Waals surface area (Å²) in [6.07, 6.45) is 2.66. The largest absolute Gasteiger partial charge is 0.490 e. The van der Waals surface area contributed by atoms with E-state index in [1.54, 1.807) is 12.1 Å². The predicted octanol–water partition coefficient (Wildman–Crippen LogP) is 0.351. The zero-order valence-corrected chi connectivity index (χ0v) is 10.3. The monoisotopic (exact) mass is 272 g/mol. The van der Waals surface area contributed by atoms with Crippen molar-refractivity contribution >= 4 is 12.6 Å². The second-order valence-electron chi connectivity index (χ2n) is 4.01. The lowest BCUT2D eigenvalue weighted by Crippen LogP contribution is -2.30. The standard InChI is InChI=1S/C13H10BFN2O3/c15-13-9(5-16)2-1-3-10(13)8-20-12-4-11(14(18)19)6-17-7-12/h1-4,6-7,18-19H,8H2. The maximum Gasteiger partial charge on any atom is 0.490 e. The van der Waals surface area contributed by atoms with Crippen molar-refractivity contribution in [2.24, 2.45) is 0 Å². The molecule has 0 atom stereocenters. The van der Waals surface area contributed by atoms with Crippen molar-refractivity contribution in [3.8, 4) is 11.8 Å². The van der Waals surface area contributed by atoms with E-state index in [0.717, 1.165) is 0 Å². The molecule has 2 N–H and O–H groups in total. The van der Waals surface area contributed by atoms with Gasteiger partial charge in [0.2, 0.25) is 0 Å². The summed E-state index contributed by atoms with van der Waals surface area (Å²) in [5.41, 5.74) is 0.358. The molecule has 0 spiro atoms. The fourth-order valence-corrected chi connectivity index (χ4v) is 1.59. The Hall–Kier alpha value is -2.43. The summed E-state index contributed by atoms with van der Waals surface area (Å²) in [6.45, 7) is -0.0893. The van der Waals surface area contributed by atoms with E-state index in [1.807, 2.05) is 0 Å². The minimum Gasteiger partial charge on any atom is -0.487 e. The zero-order chi connectivity index (χ0) is 14.5. The summed E-state index contributed by atoms with van der Waals surface area (Å²) < 4.78 is 19.1. The first-order chi connectivity index (χ1) is 9.61. The summed E-state index contributed by atoms with van der Waals surface area (Å²) in [5.74, 6) is -0.348. The first kappa shape index (κ1) is 14.0. The molecule has 0 saturated heterocycles. The van der Waals surface area contributed by atoms with Gasteiger partial charge in [-0.1, -0.05) is 12.1 Å². The number of ether oxygens (including phenoxy) is 1. The van der Waals surface area contributed by atoms with Gasteiger partial charge < -0.3 is 14.8 Å². The van der Waals surface area contributed by atoms with Crippen molar-refractivity contribution in [2.75, 3.05) is 0 Å². The van der Waals surface area contributed by atoms with E-state index in [1.165, 1.54) is 30.6 Å². The van der Waals surface area contributed by atoms with Gasteiger partial charge in [0.25, 0.3) is 0 Å². The fourth-order valence-electron chi connectivity index (χ4n) is 1.59. The highest BCUT2D eigenvalue weighted by molar-refractivity contribution is 6.58. The van der Waals surface area contributed by atoms with Crippen LogP contribution in [0.25, 0.3) is 0 Å². The minimum absolute atomic E-state index is 0.0521. The van der Waals surface area contributed by atoms with Gasteiger partial charge in [-0.05, 0) is 12.1 Å². The number of hydrogen-bond donors (Lipinski definition) is 2. The van der Waals surface area contributed by atoms with Crippen LogP contribution >= 0.6 is 0 Å². The SMILES string of the molecule is N#Cc1cccc(COc2cncc(B(O)O)c2)c1F. The van der Waals surface area contributed by atoms with Crippen LogP contribution in [0.1, 0.15) is 11.1 Å². The van der Waals surface area contributed by atoms with Gasteiger partial charge in [0.15, 0.2) is 0 Å². The average molecular weight is 272 g/mol. The second-order valence-corrected chi connectivity index (χ2v) is 4.01. The molecule has 1 aromatic carbocycles. The highest BCUT2D eigenvalue weighted by atomic mass is 19.1. The molecular formula is C13H10BFN2O3. The molecule has 100 valence electrons. The third-order valence-electron chi connectivity index (χ3n) is 2.63. The Balaban J connectivity index is 2.13. The molecule has 5 nitrogen and oxygen atoms in total. The maximum atomic E-state index is 13.8. The Morgan fingerprint density at radius 1 is 1.35 bits per heavy atom. The molecule has 0 saturated carbocycles. The number of nitrogens with zero attached hydrogens (tertiary/aromatic N) is 2. The Bertz CT molecular complexity index is 658. The lowest BCUT2D eigenvalue weighted by atomic mass is 9.82. The molecule has 0 aliphatic heterocycles. The quantitative estimate of drug-likeness (QED) is 0.784. The van der Waals surface area contributed by atoms with E-state index in [0.29, 0.717) is 0 Å². The Kier molecular flexibility index (Phi) is 4.30. The number of halogens is 1. The van der Waals surface area contributed by atoms with Gasteiger partial charge in [-0.2, -0.15) is 5.26 Å². The summed E-state index contributed by atoms with van der Waals surface area (Å²) in [7, 11) is -1.65. The molecule has 2 rings (SSSR count). The van der Waals surface area contributed by atoms with Crippen LogP contribution in [0.2, 0.25) is 0 Å². The van der Waals surface area contributed by atoms with Gasteiger partial charge in [0, 0.05) is 17.2 Å². The molecule has 0 amide bonds. The molecule has 0 aliphatic rings. The van der Waals surface area contributed by atoms with Crippen LogP contribution in [0.3, 0.4) is 0 Å². The van der Waals surface area contributed by atoms with Crippen LogP contribution < -0.4 is 10.2 Å². The summed E-state index contributed by atoms with van der Waals surface area (Å²) in [4.78, 5) is 3.78. The molecule has 20 heavy (non-hydrogen) atoms. The van der Waals surface area contributed by atoms with Crippen molar-refractivity contribution in [3.63, 3.8) is 0 Å². The first-order valence-electron chi connectivity index (χ1n) is 5.73. The number of nitriles is 1. The smallest absolute Gasteiger partial charge is 0.487 e. The van der Waals surface area contributed by atoms with Crippen LogP contribution in [0.5, 0.6) is 5.75 Å². The zero-order valence-electron chi connectivity index (χ0n) is 10.3. The summed E-state index contributed by atoms with van der Waals surface area (Å²) >= 11 is 0. The van der Waals surface area contributed by atoms with E-state index in [2.05, 4.69) is 4.98 Å². The molecule has 1 heterocycles. The van der Waals surface area contributed by atoms with Gasteiger partial charge in [-0.15, -0.1) is 0 Å². The molecule has 0 aliphatic carbocycles. The van der Waals surface area contributed by atoms with E-state index >= 15 is 0 Å². The van der Waals surface area contributed by atoms with Gasteiger partial charge in [-0.25, -0.2) is 4.39 Å². The van der Waals surface area contributed by atoms with E-state index in [9.17, 15) is 4.39 Å². The fraction of sp³-hybridized carbons (Fsp3) is 0.0769. The Labute approximate surface area is 115 Å². The van der Waals surface area contributed by atoms with E-state index < -0.39 is 12.9 Å². The number of benzene rings is 1. The lowest BCUT2D eigenvalue weighted by molar-refractivity contribution is 0.298. The van der Waals surface area contributed by atoms with Crippen LogP contribution in [-0.2, 0) is 6.61 Å².